The van der Waals surface area contributed by atoms with E-state index in [1.54, 1.807) is 0 Å². The molecule has 0 bridgehead atoms. The largest absolute Gasteiger partial charge is 0.396 e. The molecule has 5 heteroatoms. The van der Waals surface area contributed by atoms with Crippen molar-refractivity contribution < 1.29 is 25.2 Å². The third-order valence-corrected chi connectivity index (χ3v) is 2.87. The van der Waals surface area contributed by atoms with Gasteiger partial charge in [-0.3, -0.25) is 0 Å². The second-order valence-corrected chi connectivity index (χ2v) is 4.57. The van der Waals surface area contributed by atoms with Crippen LogP contribution in [0, 0.1) is 0 Å². The van der Waals surface area contributed by atoms with E-state index >= 15 is 0 Å². The lowest BCUT2D eigenvalue weighted by atomic mass is 10.1. The highest BCUT2D eigenvalue weighted by molar-refractivity contribution is 4.55. The predicted octanol–water partition coefficient (Wildman–Crippen LogP) is 0.788. The van der Waals surface area contributed by atoms with Crippen molar-refractivity contribution in [1.82, 2.24) is 0 Å². The fourth-order valence-electron chi connectivity index (χ4n) is 1.75. The Hall–Kier alpha value is -0.200. The summed E-state index contributed by atoms with van der Waals surface area (Å²) in [5.41, 5.74) is 0. The van der Waals surface area contributed by atoms with Crippen molar-refractivity contribution in [1.29, 1.82) is 0 Å². The van der Waals surface area contributed by atoms with Gasteiger partial charge < -0.3 is 25.2 Å². The Labute approximate surface area is 109 Å². The van der Waals surface area contributed by atoms with E-state index in [-0.39, 0.29) is 19.8 Å². The molecule has 0 spiro atoms. The first-order valence-corrected chi connectivity index (χ1v) is 6.90. The maximum Gasteiger partial charge on any atom is 0.155 e. The van der Waals surface area contributed by atoms with Crippen LogP contribution in [0.5, 0.6) is 0 Å². The molecule has 0 aliphatic carbocycles. The van der Waals surface area contributed by atoms with Gasteiger partial charge in [-0.2, -0.15) is 0 Å². The number of rotatable bonds is 13. The summed E-state index contributed by atoms with van der Waals surface area (Å²) in [4.78, 5) is 0. The first kappa shape index (κ1) is 17.8. The lowest BCUT2D eigenvalue weighted by Gasteiger charge is -2.17. The zero-order valence-corrected chi connectivity index (χ0v) is 11.1. The molecule has 0 aliphatic rings. The molecule has 18 heavy (non-hydrogen) atoms. The van der Waals surface area contributed by atoms with Crippen LogP contribution in [0.25, 0.3) is 0 Å². The maximum atomic E-state index is 9.48. The number of aliphatic hydroxyl groups is 4. The first-order chi connectivity index (χ1) is 8.74. The van der Waals surface area contributed by atoms with Crippen LogP contribution < -0.4 is 0 Å². The Balaban J connectivity index is 3.27. The van der Waals surface area contributed by atoms with Crippen LogP contribution in [-0.2, 0) is 4.74 Å². The Morgan fingerprint density at radius 2 is 1.22 bits per heavy atom. The minimum absolute atomic E-state index is 0.278. The average Bonchev–Trinajstić information content (AvgIpc) is 2.39. The second kappa shape index (κ2) is 13.2. The molecule has 0 fully saturated rings. The smallest absolute Gasteiger partial charge is 0.155 e. The van der Waals surface area contributed by atoms with Gasteiger partial charge in [0.15, 0.2) is 6.29 Å². The molecule has 1 unspecified atom stereocenters. The van der Waals surface area contributed by atoms with Gasteiger partial charge in [0, 0.05) is 6.61 Å². The number of hydrogen-bond acceptors (Lipinski definition) is 5. The van der Waals surface area contributed by atoms with E-state index in [0.29, 0.717) is 6.42 Å². The predicted molar refractivity (Wildman–Crippen MR) is 69.1 cm³/mol. The van der Waals surface area contributed by atoms with E-state index in [0.717, 1.165) is 44.9 Å². The van der Waals surface area contributed by atoms with Crippen molar-refractivity contribution in [2.45, 2.75) is 63.8 Å². The summed E-state index contributed by atoms with van der Waals surface area (Å²) in [5, 5.41) is 35.6. The van der Waals surface area contributed by atoms with Gasteiger partial charge in [-0.1, -0.05) is 32.1 Å². The van der Waals surface area contributed by atoms with Crippen LogP contribution in [0.15, 0.2) is 0 Å². The summed E-state index contributed by atoms with van der Waals surface area (Å²) in [6, 6.07) is 0. The molecule has 5 nitrogen and oxygen atoms in total. The van der Waals surface area contributed by atoms with Crippen LogP contribution in [-0.4, -0.2) is 52.6 Å². The van der Waals surface area contributed by atoms with Gasteiger partial charge in [0.1, 0.15) is 6.10 Å². The lowest BCUT2D eigenvalue weighted by Crippen LogP contribution is -2.28. The molecular formula is C13H28O5. The van der Waals surface area contributed by atoms with Crippen molar-refractivity contribution in [3.05, 3.63) is 0 Å². The van der Waals surface area contributed by atoms with Crippen LogP contribution >= 0.6 is 0 Å². The van der Waals surface area contributed by atoms with Crippen LogP contribution in [0.4, 0.5) is 0 Å². The van der Waals surface area contributed by atoms with E-state index in [1.165, 1.54) is 0 Å². The summed E-state index contributed by atoms with van der Waals surface area (Å²) in [6.07, 6.45) is 6.28. The van der Waals surface area contributed by atoms with Gasteiger partial charge >= 0.3 is 0 Å². The molecule has 0 saturated carbocycles. The Bertz CT molecular complexity index is 161. The third-order valence-electron chi connectivity index (χ3n) is 2.87. The van der Waals surface area contributed by atoms with Crippen molar-refractivity contribution in [2.24, 2.45) is 0 Å². The van der Waals surface area contributed by atoms with E-state index in [1.807, 2.05) is 0 Å². The summed E-state index contributed by atoms with van der Waals surface area (Å²) in [6.45, 7) is -0.281. The standard InChI is InChI=1S/C13H28O5/c14-9-7-5-3-1-2-4-6-8-13(17)18-12(10-15)11-16/h12-17H,1-11H2. The van der Waals surface area contributed by atoms with Crippen LogP contribution in [0.3, 0.4) is 0 Å². The van der Waals surface area contributed by atoms with Gasteiger partial charge in [-0.25, -0.2) is 0 Å². The summed E-state index contributed by atoms with van der Waals surface area (Å²) in [5.74, 6) is 0. The molecule has 0 heterocycles. The summed E-state index contributed by atoms with van der Waals surface area (Å²) in [7, 11) is 0. The highest BCUT2D eigenvalue weighted by Gasteiger charge is 2.12. The number of unbranched alkanes of at least 4 members (excludes halogenated alkanes) is 6. The van der Waals surface area contributed by atoms with E-state index in [2.05, 4.69) is 0 Å². The third kappa shape index (κ3) is 10.9. The molecule has 0 radical (unpaired) electrons. The normalized spacial score (nSPS) is 13.2. The van der Waals surface area contributed by atoms with E-state index in [4.69, 9.17) is 20.1 Å². The van der Waals surface area contributed by atoms with Gasteiger partial charge in [-0.15, -0.1) is 0 Å². The second-order valence-electron chi connectivity index (χ2n) is 4.57. The van der Waals surface area contributed by atoms with Gasteiger partial charge in [0.05, 0.1) is 13.2 Å². The van der Waals surface area contributed by atoms with Crippen molar-refractivity contribution in [3.63, 3.8) is 0 Å². The zero-order chi connectivity index (χ0) is 13.6. The van der Waals surface area contributed by atoms with Gasteiger partial charge in [-0.05, 0) is 19.3 Å². The number of ether oxygens (including phenoxy) is 1. The number of aliphatic hydroxyl groups excluding tert-OH is 4. The number of hydrogen-bond donors (Lipinski definition) is 4. The highest BCUT2D eigenvalue weighted by Crippen LogP contribution is 2.11. The van der Waals surface area contributed by atoms with Gasteiger partial charge in [0.2, 0.25) is 0 Å². The SMILES string of the molecule is OCCCCCCCCCC(O)OC(CO)CO. The average molecular weight is 264 g/mol. The topological polar surface area (TPSA) is 90.2 Å². The van der Waals surface area contributed by atoms with E-state index < -0.39 is 12.4 Å². The minimum Gasteiger partial charge on any atom is -0.396 e. The van der Waals surface area contributed by atoms with E-state index in [9.17, 15) is 5.11 Å². The Kier molecular flexibility index (Phi) is 13.1. The minimum atomic E-state index is -0.899. The maximum absolute atomic E-state index is 9.48. The quantitative estimate of drug-likeness (QED) is 0.292. The van der Waals surface area contributed by atoms with Gasteiger partial charge in [0.25, 0.3) is 0 Å². The molecule has 0 amide bonds. The van der Waals surface area contributed by atoms with Crippen molar-refractivity contribution in [2.75, 3.05) is 19.8 Å². The Morgan fingerprint density at radius 3 is 1.72 bits per heavy atom. The zero-order valence-electron chi connectivity index (χ0n) is 11.1. The van der Waals surface area contributed by atoms with Crippen molar-refractivity contribution >= 4 is 0 Å². The molecule has 0 rings (SSSR count). The molecule has 0 aromatic carbocycles. The monoisotopic (exact) mass is 264 g/mol. The molecule has 0 aromatic rings. The molecular weight excluding hydrogens is 236 g/mol. The summed E-state index contributed by atoms with van der Waals surface area (Å²) >= 11 is 0. The first-order valence-electron chi connectivity index (χ1n) is 6.90. The molecule has 1 atom stereocenters. The molecule has 4 N–H and O–H groups in total. The van der Waals surface area contributed by atoms with Crippen LogP contribution in [0.1, 0.15) is 51.4 Å². The fourth-order valence-corrected chi connectivity index (χ4v) is 1.75. The molecule has 0 aliphatic heterocycles. The summed E-state index contributed by atoms with van der Waals surface area (Å²) < 4.78 is 5.04. The molecule has 0 saturated heterocycles. The molecule has 110 valence electrons. The molecule has 0 aromatic heterocycles. The highest BCUT2D eigenvalue weighted by atomic mass is 16.6. The van der Waals surface area contributed by atoms with Crippen molar-refractivity contribution in [3.8, 4) is 0 Å². The Morgan fingerprint density at radius 1 is 0.722 bits per heavy atom. The van der Waals surface area contributed by atoms with Crippen LogP contribution in [0.2, 0.25) is 0 Å². The lowest BCUT2D eigenvalue weighted by molar-refractivity contribution is -0.160. The fraction of sp³-hybridized carbons (Fsp3) is 1.00.